The van der Waals surface area contributed by atoms with E-state index in [9.17, 15) is 18.0 Å². The standard InChI is InChI=1S/C19H21F3N2O2/c1-26-17-8-3-2-5-14(17)9-11-24-18(25)10-12-23-16-7-4-6-15(13-16)19(20,21)22/h2-8,13,23H,9-12H2,1H3,(H,24,25). The fourth-order valence-electron chi connectivity index (χ4n) is 2.46. The Balaban J connectivity index is 1.72. The van der Waals surface area contributed by atoms with E-state index in [0.29, 0.717) is 18.7 Å². The summed E-state index contributed by atoms with van der Waals surface area (Å²) in [5, 5.41) is 5.62. The molecule has 0 radical (unpaired) electrons. The van der Waals surface area contributed by atoms with Gasteiger partial charge < -0.3 is 15.4 Å². The minimum absolute atomic E-state index is 0.167. The second kappa shape index (κ2) is 9.12. The highest BCUT2D eigenvalue weighted by molar-refractivity contribution is 5.76. The van der Waals surface area contributed by atoms with Crippen LogP contribution in [0.3, 0.4) is 0 Å². The Labute approximate surface area is 150 Å². The highest BCUT2D eigenvalue weighted by atomic mass is 19.4. The number of rotatable bonds is 8. The van der Waals surface area contributed by atoms with E-state index < -0.39 is 11.7 Å². The van der Waals surface area contributed by atoms with Crippen LogP contribution in [0.5, 0.6) is 5.75 Å². The van der Waals surface area contributed by atoms with Crippen molar-refractivity contribution in [3.8, 4) is 5.75 Å². The summed E-state index contributed by atoms with van der Waals surface area (Å²) in [5.41, 5.74) is 0.614. The van der Waals surface area contributed by atoms with Crippen molar-refractivity contribution in [1.29, 1.82) is 0 Å². The van der Waals surface area contributed by atoms with Crippen molar-refractivity contribution in [3.63, 3.8) is 0 Å². The van der Waals surface area contributed by atoms with Crippen molar-refractivity contribution >= 4 is 11.6 Å². The lowest BCUT2D eigenvalue weighted by molar-refractivity contribution is -0.137. The number of carbonyl (C=O) groups is 1. The number of alkyl halides is 3. The van der Waals surface area contributed by atoms with E-state index in [0.717, 1.165) is 23.4 Å². The summed E-state index contributed by atoms with van der Waals surface area (Å²) >= 11 is 0. The molecule has 0 spiro atoms. The SMILES string of the molecule is COc1ccccc1CCNC(=O)CCNc1cccc(C(F)(F)F)c1. The van der Waals surface area contributed by atoms with Gasteiger partial charge in [-0.15, -0.1) is 0 Å². The molecule has 0 fully saturated rings. The molecule has 2 rings (SSSR count). The predicted molar refractivity (Wildman–Crippen MR) is 94.3 cm³/mol. The number of benzene rings is 2. The second-order valence-corrected chi connectivity index (χ2v) is 5.67. The fraction of sp³-hybridized carbons (Fsp3) is 0.316. The highest BCUT2D eigenvalue weighted by Gasteiger charge is 2.30. The van der Waals surface area contributed by atoms with Gasteiger partial charge >= 0.3 is 6.18 Å². The van der Waals surface area contributed by atoms with E-state index in [1.807, 2.05) is 24.3 Å². The molecule has 2 N–H and O–H groups in total. The number of ether oxygens (including phenoxy) is 1. The number of para-hydroxylation sites is 1. The second-order valence-electron chi connectivity index (χ2n) is 5.67. The third-order valence-corrected chi connectivity index (χ3v) is 3.78. The van der Waals surface area contributed by atoms with Gasteiger partial charge in [-0.3, -0.25) is 4.79 Å². The zero-order chi connectivity index (χ0) is 19.0. The van der Waals surface area contributed by atoms with E-state index in [2.05, 4.69) is 10.6 Å². The van der Waals surface area contributed by atoms with Gasteiger partial charge in [0.05, 0.1) is 12.7 Å². The molecule has 2 aromatic rings. The summed E-state index contributed by atoms with van der Waals surface area (Å²) in [6.45, 7) is 0.713. The number of hydrogen-bond donors (Lipinski definition) is 2. The molecule has 4 nitrogen and oxygen atoms in total. The summed E-state index contributed by atoms with van der Waals surface area (Å²) in [7, 11) is 1.59. The van der Waals surface area contributed by atoms with Gasteiger partial charge in [0.15, 0.2) is 0 Å². The molecule has 0 heterocycles. The molecule has 1 amide bonds. The van der Waals surface area contributed by atoms with Gasteiger partial charge in [-0.05, 0) is 36.2 Å². The number of carbonyl (C=O) groups excluding carboxylic acids is 1. The van der Waals surface area contributed by atoms with Crippen LogP contribution < -0.4 is 15.4 Å². The van der Waals surface area contributed by atoms with Crippen LogP contribution in [-0.4, -0.2) is 26.1 Å². The van der Waals surface area contributed by atoms with Crippen molar-refractivity contribution in [2.75, 3.05) is 25.5 Å². The van der Waals surface area contributed by atoms with Gasteiger partial charge in [-0.1, -0.05) is 24.3 Å². The highest BCUT2D eigenvalue weighted by Crippen LogP contribution is 2.30. The van der Waals surface area contributed by atoms with Crippen molar-refractivity contribution in [2.24, 2.45) is 0 Å². The molecule has 0 saturated carbocycles. The van der Waals surface area contributed by atoms with Crippen LogP contribution in [0.2, 0.25) is 0 Å². The molecule has 0 aliphatic heterocycles. The number of amides is 1. The molecular formula is C19H21F3N2O2. The summed E-state index contributed by atoms with van der Waals surface area (Å²) in [6.07, 6.45) is -3.58. The van der Waals surface area contributed by atoms with Crippen LogP contribution in [0, 0.1) is 0 Å². The lowest BCUT2D eigenvalue weighted by Crippen LogP contribution is -2.27. The van der Waals surface area contributed by atoms with E-state index in [-0.39, 0.29) is 18.9 Å². The van der Waals surface area contributed by atoms with Crippen LogP contribution in [0.4, 0.5) is 18.9 Å². The minimum Gasteiger partial charge on any atom is -0.496 e. The van der Waals surface area contributed by atoms with Crippen molar-refractivity contribution in [1.82, 2.24) is 5.32 Å². The van der Waals surface area contributed by atoms with Gasteiger partial charge in [0.25, 0.3) is 0 Å². The maximum atomic E-state index is 12.7. The Morgan fingerprint density at radius 1 is 1.08 bits per heavy atom. The molecule has 2 aromatic carbocycles. The molecule has 0 aliphatic rings. The molecule has 7 heteroatoms. The summed E-state index contributed by atoms with van der Waals surface area (Å²) in [6, 6.07) is 12.5. The first-order valence-electron chi connectivity index (χ1n) is 8.20. The number of nitrogens with one attached hydrogen (secondary N) is 2. The zero-order valence-electron chi connectivity index (χ0n) is 14.4. The van der Waals surface area contributed by atoms with Gasteiger partial charge in [0.2, 0.25) is 5.91 Å². The largest absolute Gasteiger partial charge is 0.496 e. The maximum absolute atomic E-state index is 12.7. The number of halogens is 3. The van der Waals surface area contributed by atoms with Crippen LogP contribution >= 0.6 is 0 Å². The molecule has 0 atom stereocenters. The molecule has 0 bridgehead atoms. The first kappa shape index (κ1) is 19.6. The average Bonchev–Trinajstić information content (AvgIpc) is 2.62. The van der Waals surface area contributed by atoms with E-state index in [1.165, 1.54) is 12.1 Å². The Morgan fingerprint density at radius 3 is 2.58 bits per heavy atom. The molecule has 0 unspecified atom stereocenters. The third-order valence-electron chi connectivity index (χ3n) is 3.78. The smallest absolute Gasteiger partial charge is 0.416 e. The van der Waals surface area contributed by atoms with E-state index in [4.69, 9.17) is 4.74 Å². The monoisotopic (exact) mass is 366 g/mol. The maximum Gasteiger partial charge on any atom is 0.416 e. The van der Waals surface area contributed by atoms with Crippen molar-refractivity contribution in [2.45, 2.75) is 19.0 Å². The number of methoxy groups -OCH3 is 1. The van der Waals surface area contributed by atoms with E-state index >= 15 is 0 Å². The van der Waals surface area contributed by atoms with Gasteiger partial charge in [0.1, 0.15) is 5.75 Å². The van der Waals surface area contributed by atoms with Crippen molar-refractivity contribution in [3.05, 3.63) is 59.7 Å². The Morgan fingerprint density at radius 2 is 1.85 bits per heavy atom. The zero-order valence-corrected chi connectivity index (χ0v) is 14.4. The van der Waals surface area contributed by atoms with Gasteiger partial charge in [-0.2, -0.15) is 13.2 Å². The molecule has 26 heavy (non-hydrogen) atoms. The Kier molecular flexibility index (Phi) is 6.89. The summed E-state index contributed by atoms with van der Waals surface area (Å²) in [5.74, 6) is 0.604. The predicted octanol–water partition coefficient (Wildman–Crippen LogP) is 3.87. The quantitative estimate of drug-likeness (QED) is 0.746. The van der Waals surface area contributed by atoms with Crippen molar-refractivity contribution < 1.29 is 22.7 Å². The van der Waals surface area contributed by atoms with Crippen LogP contribution in [0.1, 0.15) is 17.5 Å². The molecule has 140 valence electrons. The number of anilines is 1. The molecular weight excluding hydrogens is 345 g/mol. The lowest BCUT2D eigenvalue weighted by atomic mass is 10.1. The molecule has 0 aromatic heterocycles. The van der Waals surface area contributed by atoms with Crippen LogP contribution in [0.15, 0.2) is 48.5 Å². The fourth-order valence-corrected chi connectivity index (χ4v) is 2.46. The molecule has 0 saturated heterocycles. The molecule has 0 aliphatic carbocycles. The topological polar surface area (TPSA) is 50.4 Å². The minimum atomic E-state index is -4.38. The number of hydrogen-bond acceptors (Lipinski definition) is 3. The average molecular weight is 366 g/mol. The normalized spacial score (nSPS) is 11.1. The van der Waals surface area contributed by atoms with Crippen LogP contribution in [0.25, 0.3) is 0 Å². The first-order chi connectivity index (χ1) is 12.4. The van der Waals surface area contributed by atoms with Gasteiger partial charge in [0, 0.05) is 25.2 Å². The van der Waals surface area contributed by atoms with E-state index in [1.54, 1.807) is 7.11 Å². The van der Waals surface area contributed by atoms with Gasteiger partial charge in [-0.25, -0.2) is 0 Å². The Bertz CT molecular complexity index is 733. The third kappa shape index (κ3) is 5.98. The summed E-state index contributed by atoms with van der Waals surface area (Å²) < 4.78 is 43.2. The van der Waals surface area contributed by atoms with Crippen LogP contribution in [-0.2, 0) is 17.4 Å². The first-order valence-corrected chi connectivity index (χ1v) is 8.20. The summed E-state index contributed by atoms with van der Waals surface area (Å²) in [4.78, 5) is 11.8. The Hall–Kier alpha value is -2.70. The lowest BCUT2D eigenvalue weighted by Gasteiger charge is -2.11.